The van der Waals surface area contributed by atoms with E-state index in [4.69, 9.17) is 15.2 Å². The van der Waals surface area contributed by atoms with E-state index >= 15 is 0 Å². The third kappa shape index (κ3) is 2.96. The molecule has 0 aliphatic rings. The molecular weight excluding hydrogens is 294 g/mol. The minimum atomic E-state index is 0.689. The molecule has 0 unspecified atom stereocenters. The van der Waals surface area contributed by atoms with Crippen LogP contribution in [-0.4, -0.2) is 7.11 Å². The number of hydrogen-bond donors (Lipinski definition) is 1. The molecule has 0 bridgehead atoms. The molecule has 0 atom stereocenters. The number of ether oxygens (including phenoxy) is 2. The molecule has 0 radical (unpaired) electrons. The van der Waals surface area contributed by atoms with Gasteiger partial charge in [0.1, 0.15) is 17.2 Å². The van der Waals surface area contributed by atoms with E-state index in [0.717, 1.165) is 27.3 Å². The van der Waals surface area contributed by atoms with Gasteiger partial charge >= 0.3 is 0 Å². The van der Waals surface area contributed by atoms with Crippen molar-refractivity contribution in [1.29, 1.82) is 0 Å². The van der Waals surface area contributed by atoms with Gasteiger partial charge in [-0.25, -0.2) is 0 Å². The maximum atomic E-state index is 5.79. The average molecular weight is 308 g/mol. The van der Waals surface area contributed by atoms with Gasteiger partial charge in [0.25, 0.3) is 0 Å². The molecule has 0 fully saturated rings. The first-order valence-electron chi connectivity index (χ1n) is 5.47. The van der Waals surface area contributed by atoms with E-state index in [1.165, 1.54) is 0 Å². The topological polar surface area (TPSA) is 44.5 Å². The summed E-state index contributed by atoms with van der Waals surface area (Å²) in [6, 6.07) is 11.2. The third-order valence-electron chi connectivity index (χ3n) is 2.44. The summed E-state index contributed by atoms with van der Waals surface area (Å²) in [5.41, 5.74) is 7.54. The fourth-order valence-corrected chi connectivity index (χ4v) is 2.09. The maximum Gasteiger partial charge on any atom is 0.141 e. The number of nitrogen functional groups attached to an aromatic ring is 1. The van der Waals surface area contributed by atoms with Gasteiger partial charge in [-0.2, -0.15) is 0 Å². The van der Waals surface area contributed by atoms with Crippen molar-refractivity contribution in [2.45, 2.75) is 6.92 Å². The molecule has 3 nitrogen and oxygen atoms in total. The molecule has 0 spiro atoms. The highest BCUT2D eigenvalue weighted by atomic mass is 79.9. The van der Waals surface area contributed by atoms with E-state index < -0.39 is 0 Å². The summed E-state index contributed by atoms with van der Waals surface area (Å²) < 4.78 is 11.8. The van der Waals surface area contributed by atoms with Crippen molar-refractivity contribution < 1.29 is 9.47 Å². The Kier molecular flexibility index (Phi) is 3.77. The molecule has 0 aliphatic heterocycles. The van der Waals surface area contributed by atoms with Crippen molar-refractivity contribution in [3.63, 3.8) is 0 Å². The van der Waals surface area contributed by atoms with Crippen LogP contribution in [0.1, 0.15) is 5.56 Å². The predicted octanol–water partition coefficient (Wildman–Crippen LogP) is 4.14. The number of methoxy groups -OCH3 is 1. The van der Waals surface area contributed by atoms with Gasteiger partial charge in [-0.3, -0.25) is 0 Å². The number of halogens is 1. The van der Waals surface area contributed by atoms with Crippen molar-refractivity contribution in [3.05, 3.63) is 46.4 Å². The monoisotopic (exact) mass is 307 g/mol. The summed E-state index contributed by atoms with van der Waals surface area (Å²) in [6.07, 6.45) is 0. The highest BCUT2D eigenvalue weighted by molar-refractivity contribution is 9.10. The van der Waals surface area contributed by atoms with Crippen LogP contribution in [-0.2, 0) is 0 Å². The number of anilines is 1. The fraction of sp³-hybridized carbons (Fsp3) is 0.143. The van der Waals surface area contributed by atoms with Gasteiger partial charge in [0.2, 0.25) is 0 Å². The lowest BCUT2D eigenvalue weighted by molar-refractivity contribution is 0.412. The van der Waals surface area contributed by atoms with Crippen LogP contribution in [0.3, 0.4) is 0 Å². The molecule has 0 aliphatic carbocycles. The van der Waals surface area contributed by atoms with Gasteiger partial charge in [-0.1, -0.05) is 0 Å². The first-order chi connectivity index (χ1) is 8.58. The molecule has 2 N–H and O–H groups in total. The lowest BCUT2D eigenvalue weighted by Crippen LogP contribution is -1.91. The van der Waals surface area contributed by atoms with Crippen LogP contribution in [0.5, 0.6) is 17.2 Å². The minimum Gasteiger partial charge on any atom is -0.497 e. The van der Waals surface area contributed by atoms with Crippen LogP contribution in [0.15, 0.2) is 40.9 Å². The van der Waals surface area contributed by atoms with Crippen molar-refractivity contribution in [1.82, 2.24) is 0 Å². The Bertz CT molecular complexity index is 549. The summed E-state index contributed by atoms with van der Waals surface area (Å²) in [6.45, 7) is 1.98. The average Bonchev–Trinajstić information content (AvgIpc) is 2.30. The Morgan fingerprint density at radius 1 is 1.06 bits per heavy atom. The molecule has 0 saturated heterocycles. The second kappa shape index (κ2) is 5.31. The van der Waals surface area contributed by atoms with E-state index in [0.29, 0.717) is 5.69 Å². The molecule has 18 heavy (non-hydrogen) atoms. The van der Waals surface area contributed by atoms with Crippen LogP contribution in [0.4, 0.5) is 5.69 Å². The Hall–Kier alpha value is -1.68. The van der Waals surface area contributed by atoms with Gasteiger partial charge in [-0.05, 0) is 58.7 Å². The molecule has 2 rings (SSSR count). The Balaban J connectivity index is 2.28. The minimum absolute atomic E-state index is 0.689. The van der Waals surface area contributed by atoms with E-state index in [1.807, 2.05) is 37.3 Å². The van der Waals surface area contributed by atoms with E-state index in [2.05, 4.69) is 15.9 Å². The first-order valence-corrected chi connectivity index (χ1v) is 6.26. The highest BCUT2D eigenvalue weighted by Crippen LogP contribution is 2.33. The van der Waals surface area contributed by atoms with Crippen molar-refractivity contribution >= 4 is 21.6 Å². The molecule has 94 valence electrons. The quantitative estimate of drug-likeness (QED) is 0.867. The normalized spacial score (nSPS) is 10.2. The number of rotatable bonds is 3. The lowest BCUT2D eigenvalue weighted by atomic mass is 10.2. The van der Waals surface area contributed by atoms with Gasteiger partial charge in [0.15, 0.2) is 0 Å². The Morgan fingerprint density at radius 2 is 1.83 bits per heavy atom. The van der Waals surface area contributed by atoms with Gasteiger partial charge < -0.3 is 15.2 Å². The molecule has 0 heterocycles. The number of benzene rings is 2. The zero-order valence-corrected chi connectivity index (χ0v) is 11.8. The highest BCUT2D eigenvalue weighted by Gasteiger charge is 2.05. The van der Waals surface area contributed by atoms with Gasteiger partial charge in [-0.15, -0.1) is 0 Å². The lowest BCUT2D eigenvalue weighted by Gasteiger charge is -2.10. The van der Waals surface area contributed by atoms with Gasteiger partial charge in [0, 0.05) is 11.8 Å². The SMILES string of the molecule is COc1ccc(Oc2cc(C)cc(N)c2)c(Br)c1. The summed E-state index contributed by atoms with van der Waals surface area (Å²) >= 11 is 3.45. The Morgan fingerprint density at radius 3 is 2.44 bits per heavy atom. The van der Waals surface area contributed by atoms with Gasteiger partial charge in [0.05, 0.1) is 11.6 Å². The number of aryl methyl sites for hydroxylation is 1. The van der Waals surface area contributed by atoms with Crippen molar-refractivity contribution in [3.8, 4) is 17.2 Å². The number of nitrogens with two attached hydrogens (primary N) is 1. The number of hydrogen-bond acceptors (Lipinski definition) is 3. The zero-order chi connectivity index (χ0) is 13.1. The van der Waals surface area contributed by atoms with E-state index in [-0.39, 0.29) is 0 Å². The van der Waals surface area contributed by atoms with E-state index in [9.17, 15) is 0 Å². The molecular formula is C14H14BrNO2. The fourth-order valence-electron chi connectivity index (χ4n) is 1.65. The molecule has 0 amide bonds. The van der Waals surface area contributed by atoms with Crippen molar-refractivity contribution in [2.24, 2.45) is 0 Å². The van der Waals surface area contributed by atoms with Crippen LogP contribution in [0.2, 0.25) is 0 Å². The van der Waals surface area contributed by atoms with E-state index in [1.54, 1.807) is 13.2 Å². The van der Waals surface area contributed by atoms with Crippen LogP contribution >= 0.6 is 15.9 Å². The molecule has 0 aromatic heterocycles. The molecule has 2 aromatic carbocycles. The van der Waals surface area contributed by atoms with Crippen molar-refractivity contribution in [2.75, 3.05) is 12.8 Å². The summed E-state index contributed by atoms with van der Waals surface area (Å²) in [5.74, 6) is 2.22. The molecule has 0 saturated carbocycles. The predicted molar refractivity (Wildman–Crippen MR) is 76.4 cm³/mol. The van der Waals surface area contributed by atoms with Crippen LogP contribution in [0.25, 0.3) is 0 Å². The summed E-state index contributed by atoms with van der Waals surface area (Å²) in [7, 11) is 1.63. The summed E-state index contributed by atoms with van der Waals surface area (Å²) in [5, 5.41) is 0. The largest absolute Gasteiger partial charge is 0.497 e. The maximum absolute atomic E-state index is 5.79. The Labute approximate surface area is 115 Å². The standard InChI is InChI=1S/C14H14BrNO2/c1-9-5-10(16)7-12(6-9)18-14-4-3-11(17-2)8-13(14)15/h3-8H,16H2,1-2H3. The van der Waals surface area contributed by atoms with Crippen LogP contribution in [0, 0.1) is 6.92 Å². The smallest absolute Gasteiger partial charge is 0.141 e. The second-order valence-electron chi connectivity index (χ2n) is 3.98. The second-order valence-corrected chi connectivity index (χ2v) is 4.83. The summed E-state index contributed by atoms with van der Waals surface area (Å²) in [4.78, 5) is 0. The first kappa shape index (κ1) is 12.8. The molecule has 4 heteroatoms. The third-order valence-corrected chi connectivity index (χ3v) is 3.06. The molecule has 2 aromatic rings. The van der Waals surface area contributed by atoms with Crippen LogP contribution < -0.4 is 15.2 Å². The zero-order valence-electron chi connectivity index (χ0n) is 10.2.